The van der Waals surface area contributed by atoms with Crippen LogP contribution in [0.4, 0.5) is 0 Å². The topological polar surface area (TPSA) is 38.5 Å². The van der Waals surface area contributed by atoms with E-state index < -0.39 is 0 Å². The maximum atomic E-state index is 6.21. The van der Waals surface area contributed by atoms with E-state index in [4.69, 9.17) is 10.5 Å². The first-order valence-corrected chi connectivity index (χ1v) is 8.26. The zero-order chi connectivity index (χ0) is 15.0. The van der Waals surface area contributed by atoms with Crippen molar-refractivity contribution >= 4 is 0 Å². The monoisotopic (exact) mass is 288 g/mol. The Labute approximate surface area is 128 Å². The lowest BCUT2D eigenvalue weighted by Crippen LogP contribution is -2.45. The van der Waals surface area contributed by atoms with Gasteiger partial charge in [-0.15, -0.1) is 0 Å². The molecule has 1 aromatic rings. The molecule has 116 valence electrons. The van der Waals surface area contributed by atoms with Crippen LogP contribution in [0.2, 0.25) is 0 Å². The van der Waals surface area contributed by atoms with E-state index in [1.165, 1.54) is 16.7 Å². The zero-order valence-corrected chi connectivity index (χ0v) is 13.6. The molecule has 2 unspecified atom stereocenters. The Hall–Kier alpha value is -0.900. The van der Waals surface area contributed by atoms with Gasteiger partial charge in [0, 0.05) is 25.7 Å². The van der Waals surface area contributed by atoms with Crippen LogP contribution in [-0.4, -0.2) is 36.2 Å². The molecule has 1 aliphatic carbocycles. The summed E-state index contributed by atoms with van der Waals surface area (Å²) >= 11 is 0. The van der Waals surface area contributed by atoms with Crippen LogP contribution >= 0.6 is 0 Å². The Morgan fingerprint density at radius 3 is 2.62 bits per heavy atom. The molecule has 0 radical (unpaired) electrons. The maximum absolute atomic E-state index is 6.21. The Balaban J connectivity index is 1.82. The van der Waals surface area contributed by atoms with E-state index in [-0.39, 0.29) is 0 Å². The number of ether oxygens (including phenoxy) is 1. The summed E-state index contributed by atoms with van der Waals surface area (Å²) in [6, 6.07) is 4.94. The molecule has 1 aromatic carbocycles. The summed E-state index contributed by atoms with van der Waals surface area (Å²) in [7, 11) is 0. The molecular formula is C18H28N2O. The minimum absolute atomic E-state index is 0.331. The number of rotatable bonds is 2. The normalized spacial score (nSPS) is 30.2. The second kappa shape index (κ2) is 6.07. The van der Waals surface area contributed by atoms with Gasteiger partial charge in [0.1, 0.15) is 0 Å². The fourth-order valence-corrected chi connectivity index (χ4v) is 3.96. The molecule has 0 aromatic heterocycles. The first kappa shape index (κ1) is 15.0. The fraction of sp³-hybridized carbons (Fsp3) is 0.667. The lowest BCUT2D eigenvalue weighted by molar-refractivity contribution is -0.0705. The molecule has 1 heterocycles. The molecule has 2 N–H and O–H groups in total. The summed E-state index contributed by atoms with van der Waals surface area (Å²) < 4.78 is 5.84. The van der Waals surface area contributed by atoms with Crippen molar-refractivity contribution in [2.45, 2.75) is 64.8 Å². The van der Waals surface area contributed by atoms with Gasteiger partial charge < -0.3 is 10.5 Å². The van der Waals surface area contributed by atoms with Crippen LogP contribution in [0, 0.1) is 6.92 Å². The third kappa shape index (κ3) is 3.31. The van der Waals surface area contributed by atoms with Gasteiger partial charge in [-0.25, -0.2) is 0 Å². The van der Waals surface area contributed by atoms with Gasteiger partial charge in [0.2, 0.25) is 0 Å². The average molecular weight is 288 g/mol. The van der Waals surface area contributed by atoms with Crippen molar-refractivity contribution in [3.05, 3.63) is 34.4 Å². The first-order chi connectivity index (χ1) is 10.0. The van der Waals surface area contributed by atoms with Gasteiger partial charge in [-0.05, 0) is 62.3 Å². The predicted octanol–water partition coefficient (Wildman–Crippen LogP) is 2.42. The summed E-state index contributed by atoms with van der Waals surface area (Å²) in [6.45, 7) is 9.66. The second-order valence-electron chi connectivity index (χ2n) is 6.95. The van der Waals surface area contributed by atoms with E-state index in [1.807, 2.05) is 0 Å². The van der Waals surface area contributed by atoms with Gasteiger partial charge in [0.05, 0.1) is 12.2 Å². The van der Waals surface area contributed by atoms with E-state index in [0.29, 0.717) is 18.2 Å². The number of nitrogens with two attached hydrogens (primary N) is 1. The molecule has 2 aliphatic rings. The number of morpholine rings is 1. The Morgan fingerprint density at radius 2 is 1.90 bits per heavy atom. The molecule has 1 aliphatic heterocycles. The first-order valence-electron chi connectivity index (χ1n) is 8.26. The number of hydrogen-bond donors (Lipinski definition) is 1. The van der Waals surface area contributed by atoms with Crippen molar-refractivity contribution in [2.24, 2.45) is 5.73 Å². The van der Waals surface area contributed by atoms with Crippen LogP contribution in [0.3, 0.4) is 0 Å². The van der Waals surface area contributed by atoms with Crippen LogP contribution in [-0.2, 0) is 24.1 Å². The van der Waals surface area contributed by atoms with Crippen LogP contribution in [0.5, 0.6) is 0 Å². The number of aryl methyl sites for hydroxylation is 1. The van der Waals surface area contributed by atoms with Crippen molar-refractivity contribution in [3.63, 3.8) is 0 Å². The molecule has 0 amide bonds. The minimum Gasteiger partial charge on any atom is -0.373 e. The molecule has 1 saturated heterocycles. The molecule has 3 rings (SSSR count). The summed E-state index contributed by atoms with van der Waals surface area (Å²) in [5.74, 6) is 0. The van der Waals surface area contributed by atoms with Crippen molar-refractivity contribution in [1.82, 2.24) is 4.90 Å². The average Bonchev–Trinajstić information content (AvgIpc) is 2.41. The lowest BCUT2D eigenvalue weighted by Gasteiger charge is -2.36. The van der Waals surface area contributed by atoms with Crippen molar-refractivity contribution in [3.8, 4) is 0 Å². The van der Waals surface area contributed by atoms with Gasteiger partial charge in [-0.3, -0.25) is 4.90 Å². The number of hydrogen-bond acceptors (Lipinski definition) is 3. The lowest BCUT2D eigenvalue weighted by atomic mass is 9.83. The third-order valence-electron chi connectivity index (χ3n) is 4.88. The molecule has 3 nitrogen and oxygen atoms in total. The number of fused-ring (bicyclic) bond motifs is 1. The molecular weight excluding hydrogens is 260 g/mol. The van der Waals surface area contributed by atoms with E-state index in [9.17, 15) is 0 Å². The fourth-order valence-electron chi connectivity index (χ4n) is 3.96. The van der Waals surface area contributed by atoms with Gasteiger partial charge in [-0.1, -0.05) is 12.1 Å². The Bertz CT molecular complexity index is 504. The van der Waals surface area contributed by atoms with Crippen molar-refractivity contribution < 1.29 is 4.74 Å². The van der Waals surface area contributed by atoms with E-state index >= 15 is 0 Å². The number of nitrogens with zero attached hydrogens (tertiary/aromatic N) is 1. The largest absolute Gasteiger partial charge is 0.373 e. The molecule has 1 fully saturated rings. The van der Waals surface area contributed by atoms with Gasteiger partial charge >= 0.3 is 0 Å². The van der Waals surface area contributed by atoms with Crippen molar-refractivity contribution in [2.75, 3.05) is 13.1 Å². The minimum atomic E-state index is 0.331. The van der Waals surface area contributed by atoms with Gasteiger partial charge in [0.25, 0.3) is 0 Å². The molecule has 0 saturated carbocycles. The van der Waals surface area contributed by atoms with E-state index in [0.717, 1.165) is 38.9 Å². The second-order valence-corrected chi connectivity index (χ2v) is 6.95. The highest BCUT2D eigenvalue weighted by molar-refractivity contribution is 5.43. The highest BCUT2D eigenvalue weighted by Crippen LogP contribution is 2.28. The summed E-state index contributed by atoms with van der Waals surface area (Å²) in [6.07, 6.45) is 3.98. The molecule has 0 spiro atoms. The highest BCUT2D eigenvalue weighted by Gasteiger charge is 2.25. The molecule has 3 atom stereocenters. The number of benzene rings is 1. The zero-order valence-electron chi connectivity index (χ0n) is 13.6. The van der Waals surface area contributed by atoms with Gasteiger partial charge in [-0.2, -0.15) is 0 Å². The van der Waals surface area contributed by atoms with E-state index in [2.05, 4.69) is 37.8 Å². The van der Waals surface area contributed by atoms with Crippen molar-refractivity contribution in [1.29, 1.82) is 0 Å². The van der Waals surface area contributed by atoms with Crippen LogP contribution < -0.4 is 5.73 Å². The molecule has 0 bridgehead atoms. The predicted molar refractivity (Wildman–Crippen MR) is 86.5 cm³/mol. The van der Waals surface area contributed by atoms with Gasteiger partial charge in [0.15, 0.2) is 0 Å². The summed E-state index contributed by atoms with van der Waals surface area (Å²) in [5.41, 5.74) is 12.2. The molecule has 3 heteroatoms. The third-order valence-corrected chi connectivity index (χ3v) is 4.88. The quantitative estimate of drug-likeness (QED) is 0.908. The van der Waals surface area contributed by atoms with Crippen LogP contribution in [0.15, 0.2) is 12.1 Å². The Kier molecular flexibility index (Phi) is 4.34. The highest BCUT2D eigenvalue weighted by atomic mass is 16.5. The molecule has 21 heavy (non-hydrogen) atoms. The standard InChI is InChI=1S/C18H28N2O/c1-12-4-5-15(18-8-16(19)6-7-17(12)18)11-20-9-13(2)21-14(3)10-20/h4-5,13-14,16H,6-11,19H2,1-3H3/t13?,14?,16-/m1/s1. The summed E-state index contributed by atoms with van der Waals surface area (Å²) in [5, 5.41) is 0. The Morgan fingerprint density at radius 1 is 1.19 bits per heavy atom. The summed E-state index contributed by atoms with van der Waals surface area (Å²) in [4.78, 5) is 2.53. The van der Waals surface area contributed by atoms with Crippen LogP contribution in [0.1, 0.15) is 42.5 Å². The smallest absolute Gasteiger partial charge is 0.0678 e. The van der Waals surface area contributed by atoms with Crippen LogP contribution in [0.25, 0.3) is 0 Å². The maximum Gasteiger partial charge on any atom is 0.0678 e. The SMILES string of the molecule is Cc1ccc(CN2CC(C)OC(C)C2)c2c1CC[C@@H](N)C2. The van der Waals surface area contributed by atoms with E-state index in [1.54, 1.807) is 5.56 Å².